The van der Waals surface area contributed by atoms with Gasteiger partial charge >= 0.3 is 0 Å². The summed E-state index contributed by atoms with van der Waals surface area (Å²) in [6.45, 7) is 5.35. The molecule has 1 atom stereocenters. The Morgan fingerprint density at radius 2 is 2.35 bits per heavy atom. The first-order valence-corrected chi connectivity index (χ1v) is 6.89. The van der Waals surface area contributed by atoms with Crippen LogP contribution >= 0.6 is 0 Å². The molecule has 1 saturated heterocycles. The van der Waals surface area contributed by atoms with E-state index in [0.29, 0.717) is 6.54 Å². The summed E-state index contributed by atoms with van der Waals surface area (Å²) in [5, 5.41) is 14.0. The first-order chi connectivity index (χ1) is 9.60. The van der Waals surface area contributed by atoms with E-state index in [2.05, 4.69) is 17.1 Å². The molecule has 0 bridgehead atoms. The van der Waals surface area contributed by atoms with Crippen molar-refractivity contribution >= 4 is 11.4 Å². The van der Waals surface area contributed by atoms with Gasteiger partial charge in [0.05, 0.1) is 11.0 Å². The van der Waals surface area contributed by atoms with Gasteiger partial charge in [0.15, 0.2) is 0 Å². The van der Waals surface area contributed by atoms with Crippen molar-refractivity contribution in [1.29, 1.82) is 0 Å². The Labute approximate surface area is 118 Å². The summed E-state index contributed by atoms with van der Waals surface area (Å²) in [5.41, 5.74) is 2.03. The second-order valence-electron chi connectivity index (χ2n) is 5.12. The van der Waals surface area contributed by atoms with E-state index >= 15 is 0 Å². The molecule has 0 saturated carbocycles. The molecule has 1 aliphatic rings. The predicted octanol–water partition coefficient (Wildman–Crippen LogP) is 2.25. The molecule has 0 radical (unpaired) electrons. The average Bonchev–Trinajstić information content (AvgIpc) is 2.63. The van der Waals surface area contributed by atoms with E-state index in [1.54, 1.807) is 12.1 Å². The third kappa shape index (κ3) is 3.68. The van der Waals surface area contributed by atoms with Crippen LogP contribution in [-0.4, -0.2) is 42.7 Å². The number of hydrogen-bond acceptors (Lipinski definition) is 5. The van der Waals surface area contributed by atoms with Crippen LogP contribution in [0.4, 0.5) is 11.4 Å². The van der Waals surface area contributed by atoms with Gasteiger partial charge < -0.3 is 10.1 Å². The monoisotopic (exact) mass is 279 g/mol. The van der Waals surface area contributed by atoms with E-state index in [1.165, 1.54) is 6.07 Å². The van der Waals surface area contributed by atoms with Gasteiger partial charge in [-0.25, -0.2) is 0 Å². The minimum atomic E-state index is -0.350. The molecule has 0 aliphatic carbocycles. The molecule has 1 aliphatic heterocycles. The molecule has 1 aromatic rings. The van der Waals surface area contributed by atoms with E-state index in [4.69, 9.17) is 4.74 Å². The van der Waals surface area contributed by atoms with Crippen molar-refractivity contribution in [3.8, 4) is 0 Å². The highest BCUT2D eigenvalue weighted by atomic mass is 16.6. The van der Waals surface area contributed by atoms with Crippen molar-refractivity contribution in [3.63, 3.8) is 0 Å². The highest BCUT2D eigenvalue weighted by molar-refractivity contribution is 5.55. The normalized spacial score (nSPS) is 20.4. The van der Waals surface area contributed by atoms with Gasteiger partial charge in [0, 0.05) is 51.1 Å². The molecule has 0 amide bonds. The van der Waals surface area contributed by atoms with Gasteiger partial charge in [0.2, 0.25) is 0 Å². The molecule has 1 unspecified atom stereocenters. The van der Waals surface area contributed by atoms with Crippen molar-refractivity contribution < 1.29 is 9.66 Å². The molecule has 0 aromatic heterocycles. The second-order valence-corrected chi connectivity index (χ2v) is 5.12. The zero-order valence-electron chi connectivity index (χ0n) is 12.0. The molecule has 1 N–H and O–H groups in total. The van der Waals surface area contributed by atoms with Crippen LogP contribution in [0.1, 0.15) is 18.9 Å². The van der Waals surface area contributed by atoms with E-state index in [-0.39, 0.29) is 16.7 Å². The fourth-order valence-corrected chi connectivity index (χ4v) is 2.53. The van der Waals surface area contributed by atoms with Crippen LogP contribution in [0.25, 0.3) is 0 Å². The topological polar surface area (TPSA) is 67.6 Å². The third-order valence-electron chi connectivity index (χ3n) is 3.50. The lowest BCUT2D eigenvalue weighted by molar-refractivity contribution is -0.384. The molecule has 0 spiro atoms. The van der Waals surface area contributed by atoms with Crippen molar-refractivity contribution in [2.24, 2.45) is 0 Å². The Bertz CT molecular complexity index is 479. The average molecular weight is 279 g/mol. The zero-order valence-corrected chi connectivity index (χ0v) is 12.0. The van der Waals surface area contributed by atoms with Gasteiger partial charge in [-0.05, 0) is 25.0 Å². The number of anilines is 1. The third-order valence-corrected chi connectivity index (χ3v) is 3.50. The maximum atomic E-state index is 10.9. The fraction of sp³-hybridized carbons (Fsp3) is 0.571. The van der Waals surface area contributed by atoms with Crippen LogP contribution in [0, 0.1) is 10.1 Å². The molecular weight excluding hydrogens is 258 g/mol. The Balaban J connectivity index is 2.17. The van der Waals surface area contributed by atoms with Gasteiger partial charge in [0.1, 0.15) is 0 Å². The number of rotatable bonds is 4. The first kappa shape index (κ1) is 14.7. The predicted molar refractivity (Wildman–Crippen MR) is 78.0 cm³/mol. The highest BCUT2D eigenvalue weighted by Gasteiger charge is 2.18. The van der Waals surface area contributed by atoms with Crippen molar-refractivity contribution in [2.45, 2.75) is 26.0 Å². The molecule has 1 heterocycles. The Kier molecular flexibility index (Phi) is 4.92. The summed E-state index contributed by atoms with van der Waals surface area (Å²) < 4.78 is 5.62. The molecule has 1 aromatic carbocycles. The number of nitro benzene ring substituents is 1. The van der Waals surface area contributed by atoms with Gasteiger partial charge in [-0.2, -0.15) is 0 Å². The number of hydrogen-bond donors (Lipinski definition) is 1. The number of nitrogens with one attached hydrogen (secondary N) is 1. The summed E-state index contributed by atoms with van der Waals surface area (Å²) in [4.78, 5) is 12.8. The largest absolute Gasteiger partial charge is 0.388 e. The summed E-state index contributed by atoms with van der Waals surface area (Å²) in [6, 6.07) is 4.96. The fourth-order valence-electron chi connectivity index (χ4n) is 2.53. The smallest absolute Gasteiger partial charge is 0.269 e. The lowest BCUT2D eigenvalue weighted by Gasteiger charge is -2.23. The Morgan fingerprint density at radius 1 is 1.55 bits per heavy atom. The summed E-state index contributed by atoms with van der Waals surface area (Å²) >= 11 is 0. The summed E-state index contributed by atoms with van der Waals surface area (Å²) in [6.07, 6.45) is 1.20. The van der Waals surface area contributed by atoms with E-state index in [0.717, 1.165) is 37.4 Å². The molecule has 20 heavy (non-hydrogen) atoms. The lowest BCUT2D eigenvalue weighted by atomic mass is 10.1. The standard InChI is InChI=1S/C14H21N3O3/c1-11-9-16(6-3-7-20-11)10-12-8-13(17(18)19)4-5-14(12)15-2/h4-5,8,11,15H,3,6-7,9-10H2,1-2H3. The number of ether oxygens (including phenoxy) is 1. The Hall–Kier alpha value is -1.66. The molecule has 6 nitrogen and oxygen atoms in total. The second kappa shape index (κ2) is 6.67. The Morgan fingerprint density at radius 3 is 3.05 bits per heavy atom. The van der Waals surface area contributed by atoms with Crippen LogP contribution in [0.5, 0.6) is 0 Å². The van der Waals surface area contributed by atoms with Gasteiger partial charge in [-0.1, -0.05) is 0 Å². The quantitative estimate of drug-likeness (QED) is 0.676. The van der Waals surface area contributed by atoms with Gasteiger partial charge in [0.25, 0.3) is 5.69 Å². The molecular formula is C14H21N3O3. The molecule has 6 heteroatoms. The molecule has 2 rings (SSSR count). The maximum absolute atomic E-state index is 10.9. The summed E-state index contributed by atoms with van der Waals surface area (Å²) in [7, 11) is 1.83. The van der Waals surface area contributed by atoms with Crippen molar-refractivity contribution in [3.05, 3.63) is 33.9 Å². The number of nitrogens with zero attached hydrogens (tertiary/aromatic N) is 2. The van der Waals surface area contributed by atoms with Crippen LogP contribution in [0.3, 0.4) is 0 Å². The number of nitro groups is 1. The minimum Gasteiger partial charge on any atom is -0.388 e. The maximum Gasteiger partial charge on any atom is 0.269 e. The van der Waals surface area contributed by atoms with Crippen LogP contribution in [-0.2, 0) is 11.3 Å². The van der Waals surface area contributed by atoms with Crippen LogP contribution in [0.2, 0.25) is 0 Å². The zero-order chi connectivity index (χ0) is 14.5. The van der Waals surface area contributed by atoms with Crippen molar-refractivity contribution in [1.82, 2.24) is 4.90 Å². The SMILES string of the molecule is CNc1ccc([N+](=O)[O-])cc1CN1CCCOC(C)C1. The van der Waals surface area contributed by atoms with Crippen molar-refractivity contribution in [2.75, 3.05) is 32.1 Å². The lowest BCUT2D eigenvalue weighted by Crippen LogP contribution is -2.30. The van der Waals surface area contributed by atoms with Gasteiger partial charge in [-0.15, -0.1) is 0 Å². The number of non-ortho nitro benzene ring substituents is 1. The van der Waals surface area contributed by atoms with E-state index in [1.807, 2.05) is 7.05 Å². The number of benzene rings is 1. The van der Waals surface area contributed by atoms with Crippen LogP contribution < -0.4 is 5.32 Å². The first-order valence-electron chi connectivity index (χ1n) is 6.89. The van der Waals surface area contributed by atoms with Crippen LogP contribution in [0.15, 0.2) is 18.2 Å². The van der Waals surface area contributed by atoms with E-state index < -0.39 is 0 Å². The molecule has 1 fully saturated rings. The highest BCUT2D eigenvalue weighted by Crippen LogP contribution is 2.24. The van der Waals surface area contributed by atoms with E-state index in [9.17, 15) is 10.1 Å². The molecule has 110 valence electrons. The van der Waals surface area contributed by atoms with Gasteiger partial charge in [-0.3, -0.25) is 15.0 Å². The summed E-state index contributed by atoms with van der Waals surface area (Å²) in [5.74, 6) is 0. The minimum absolute atomic E-state index is 0.137.